The number of sulfone groups is 1. The van der Waals surface area contributed by atoms with E-state index in [1.165, 1.54) is 21.6 Å². The molecule has 0 radical (unpaired) electrons. The third kappa shape index (κ3) is 4.87. The van der Waals surface area contributed by atoms with Crippen molar-refractivity contribution in [3.63, 3.8) is 0 Å². The first-order valence-electron chi connectivity index (χ1n) is 11.5. The lowest BCUT2D eigenvalue weighted by atomic mass is 10.1. The number of hydrogen-bond donors (Lipinski definition) is 2. The number of aromatic nitrogens is 1. The fourth-order valence-corrected chi connectivity index (χ4v) is 6.86. The molecule has 9 nitrogen and oxygen atoms in total. The van der Waals surface area contributed by atoms with Gasteiger partial charge < -0.3 is 19.9 Å². The van der Waals surface area contributed by atoms with Crippen molar-refractivity contribution in [1.29, 1.82) is 0 Å². The predicted molar refractivity (Wildman–Crippen MR) is 131 cm³/mol. The lowest BCUT2D eigenvalue weighted by Crippen LogP contribution is -2.50. The van der Waals surface area contributed by atoms with Gasteiger partial charge in [0.1, 0.15) is 11.3 Å². The van der Waals surface area contributed by atoms with Gasteiger partial charge in [-0.2, -0.15) is 0 Å². The number of nitrogens with one attached hydrogen (secondary N) is 1. The average molecular weight is 522 g/mol. The maximum absolute atomic E-state index is 13.1. The molecule has 1 fully saturated rings. The van der Waals surface area contributed by atoms with E-state index < -0.39 is 37.2 Å². The Kier molecular flexibility index (Phi) is 7.08. The number of aliphatic hydroxyl groups is 1. The minimum absolute atomic E-state index is 0.0570. The summed E-state index contributed by atoms with van der Waals surface area (Å²) in [7, 11) is -3.53. The van der Waals surface area contributed by atoms with Crippen LogP contribution in [0.2, 0.25) is 5.02 Å². The molecular weight excluding hydrogens is 494 g/mol. The van der Waals surface area contributed by atoms with Crippen LogP contribution in [0.3, 0.4) is 0 Å². The predicted octanol–water partition coefficient (Wildman–Crippen LogP) is 1.61. The Labute approximate surface area is 208 Å². The summed E-state index contributed by atoms with van der Waals surface area (Å²) in [6, 6.07) is 9.73. The Balaban J connectivity index is 1.48. The van der Waals surface area contributed by atoms with Crippen molar-refractivity contribution in [3.05, 3.63) is 68.6 Å². The number of carbonyl (C=O) groups is 2. The van der Waals surface area contributed by atoms with E-state index in [1.54, 1.807) is 31.2 Å². The van der Waals surface area contributed by atoms with E-state index in [0.29, 0.717) is 17.9 Å². The van der Waals surface area contributed by atoms with Crippen LogP contribution in [0.25, 0.3) is 0 Å². The van der Waals surface area contributed by atoms with Crippen LogP contribution in [0.5, 0.6) is 0 Å². The molecule has 1 aromatic heterocycles. The molecule has 1 atom stereocenters. The number of carbonyl (C=O) groups excluding carboxylic acids is 2. The molecule has 0 bridgehead atoms. The van der Waals surface area contributed by atoms with Crippen LogP contribution in [0.15, 0.2) is 41.2 Å². The third-order valence-corrected chi connectivity index (χ3v) is 10.1. The van der Waals surface area contributed by atoms with Crippen molar-refractivity contribution >= 4 is 33.3 Å². The SMILES string of the molecule is C[C@@H](CCO)S(=O)(=O)C1(CN2CCn3c(ccc(C(=O)NCc4ccc(Cl)cc4)c3=O)C2=O)CC1. The molecular formula is C24H28ClN3O6S. The first-order chi connectivity index (χ1) is 16.6. The Morgan fingerprint density at radius 2 is 1.83 bits per heavy atom. The number of fused-ring (bicyclic) bond motifs is 1. The van der Waals surface area contributed by atoms with Crippen LogP contribution in [-0.4, -0.2) is 64.5 Å². The molecule has 4 rings (SSSR count). The maximum Gasteiger partial charge on any atom is 0.270 e. The molecule has 0 spiro atoms. The Bertz CT molecular complexity index is 1300. The number of nitrogens with zero attached hydrogens (tertiary/aromatic N) is 2. The van der Waals surface area contributed by atoms with E-state index in [4.69, 9.17) is 16.7 Å². The summed E-state index contributed by atoms with van der Waals surface area (Å²) in [5.41, 5.74) is 0.327. The quantitative estimate of drug-likeness (QED) is 0.516. The van der Waals surface area contributed by atoms with Gasteiger partial charge >= 0.3 is 0 Å². The van der Waals surface area contributed by atoms with Crippen LogP contribution in [-0.2, 0) is 22.9 Å². The lowest BCUT2D eigenvalue weighted by molar-refractivity contribution is 0.0694. The Morgan fingerprint density at radius 3 is 2.46 bits per heavy atom. The van der Waals surface area contributed by atoms with Gasteiger partial charge in [0.05, 0.1) is 10.00 Å². The molecule has 1 aliphatic carbocycles. The van der Waals surface area contributed by atoms with Gasteiger partial charge in [0.2, 0.25) is 0 Å². The van der Waals surface area contributed by atoms with Crippen molar-refractivity contribution in [2.24, 2.45) is 0 Å². The lowest BCUT2D eigenvalue weighted by Gasteiger charge is -2.33. The molecule has 2 heterocycles. The first kappa shape index (κ1) is 25.4. The maximum atomic E-state index is 13.1. The molecule has 0 saturated heterocycles. The summed E-state index contributed by atoms with van der Waals surface area (Å²) in [6.45, 7) is 1.98. The molecule has 188 valence electrons. The second-order valence-corrected chi connectivity index (χ2v) is 12.4. The van der Waals surface area contributed by atoms with Crippen LogP contribution < -0.4 is 10.9 Å². The molecule has 35 heavy (non-hydrogen) atoms. The van der Waals surface area contributed by atoms with Gasteiger partial charge in [-0.1, -0.05) is 23.7 Å². The first-order valence-corrected chi connectivity index (χ1v) is 13.4. The van der Waals surface area contributed by atoms with Crippen molar-refractivity contribution < 1.29 is 23.1 Å². The number of hydrogen-bond acceptors (Lipinski definition) is 6. The van der Waals surface area contributed by atoms with E-state index >= 15 is 0 Å². The monoisotopic (exact) mass is 521 g/mol. The second-order valence-electron chi connectivity index (χ2n) is 9.18. The van der Waals surface area contributed by atoms with Crippen molar-refractivity contribution in [1.82, 2.24) is 14.8 Å². The molecule has 2 N–H and O–H groups in total. The molecule has 2 aromatic rings. The molecule has 2 amide bonds. The van der Waals surface area contributed by atoms with Gasteiger partial charge in [0, 0.05) is 37.8 Å². The smallest absolute Gasteiger partial charge is 0.270 e. The van der Waals surface area contributed by atoms with Crippen molar-refractivity contribution in [3.8, 4) is 0 Å². The van der Waals surface area contributed by atoms with E-state index in [0.717, 1.165) is 5.56 Å². The number of rotatable bonds is 9. The highest BCUT2D eigenvalue weighted by Crippen LogP contribution is 2.47. The topological polar surface area (TPSA) is 126 Å². The zero-order chi connectivity index (χ0) is 25.4. The second kappa shape index (κ2) is 9.75. The minimum Gasteiger partial charge on any atom is -0.396 e. The van der Waals surface area contributed by atoms with Gasteiger partial charge in [-0.15, -0.1) is 0 Å². The van der Waals surface area contributed by atoms with E-state index in [9.17, 15) is 22.8 Å². The summed E-state index contributed by atoms with van der Waals surface area (Å²) in [4.78, 5) is 40.2. The highest BCUT2D eigenvalue weighted by atomic mass is 35.5. The normalized spacial score (nSPS) is 17.6. The highest BCUT2D eigenvalue weighted by molar-refractivity contribution is 7.93. The minimum atomic E-state index is -3.53. The standard InChI is InChI=1S/C24H28ClN3O6S/c1-16(8-13-29)35(33,34)24(9-10-24)15-27-11-12-28-20(23(27)32)7-6-19(22(28)31)21(30)26-14-17-2-4-18(25)5-3-17/h2-7,16,29H,8-15H2,1H3,(H,26,30)/t16-/m0/s1. The summed E-state index contributed by atoms with van der Waals surface area (Å²) in [5, 5.41) is 11.7. The molecule has 0 unspecified atom stereocenters. The van der Waals surface area contributed by atoms with Crippen molar-refractivity contribution in [2.45, 2.75) is 49.3 Å². The van der Waals surface area contributed by atoms with Crippen molar-refractivity contribution in [2.75, 3.05) is 19.7 Å². The van der Waals surface area contributed by atoms with Gasteiger partial charge in [-0.3, -0.25) is 14.4 Å². The molecule has 1 aliphatic heterocycles. The van der Waals surface area contributed by atoms with E-state index in [1.807, 2.05) is 0 Å². The van der Waals surface area contributed by atoms with Gasteiger partial charge in [-0.05, 0) is 56.0 Å². The fourth-order valence-electron chi connectivity index (χ4n) is 4.46. The van der Waals surface area contributed by atoms with Crippen LogP contribution in [0.1, 0.15) is 52.6 Å². The van der Waals surface area contributed by atoms with E-state index in [2.05, 4.69) is 5.32 Å². The number of halogens is 1. The number of aliphatic hydroxyl groups excluding tert-OH is 1. The molecule has 11 heteroatoms. The Morgan fingerprint density at radius 1 is 1.14 bits per heavy atom. The zero-order valence-electron chi connectivity index (χ0n) is 19.4. The van der Waals surface area contributed by atoms with Crippen LogP contribution in [0, 0.1) is 0 Å². The van der Waals surface area contributed by atoms with Gasteiger partial charge in [0.25, 0.3) is 17.4 Å². The van der Waals surface area contributed by atoms with Crippen LogP contribution in [0.4, 0.5) is 0 Å². The van der Waals surface area contributed by atoms with E-state index in [-0.39, 0.29) is 50.5 Å². The fraction of sp³-hybridized carbons (Fsp3) is 0.458. The number of benzene rings is 1. The summed E-state index contributed by atoms with van der Waals surface area (Å²) in [6.07, 6.45) is 1.09. The summed E-state index contributed by atoms with van der Waals surface area (Å²) >= 11 is 5.87. The van der Waals surface area contributed by atoms with Crippen LogP contribution >= 0.6 is 11.6 Å². The summed E-state index contributed by atoms with van der Waals surface area (Å²) in [5.74, 6) is -0.978. The highest BCUT2D eigenvalue weighted by Gasteiger charge is 2.57. The van der Waals surface area contributed by atoms with Gasteiger partial charge in [-0.25, -0.2) is 8.42 Å². The Hall–Kier alpha value is -2.69. The number of amides is 2. The summed E-state index contributed by atoms with van der Waals surface area (Å²) < 4.78 is 26.3. The molecule has 2 aliphatic rings. The third-order valence-electron chi connectivity index (χ3n) is 6.84. The largest absolute Gasteiger partial charge is 0.396 e. The number of pyridine rings is 1. The van der Waals surface area contributed by atoms with Gasteiger partial charge in [0.15, 0.2) is 9.84 Å². The average Bonchev–Trinajstić information content (AvgIpc) is 3.62. The molecule has 1 aromatic carbocycles. The molecule has 1 saturated carbocycles. The zero-order valence-corrected chi connectivity index (χ0v) is 20.9.